The lowest BCUT2D eigenvalue weighted by Crippen LogP contribution is -2.42. The molecule has 17 heavy (non-hydrogen) atoms. The molecule has 0 radical (unpaired) electrons. The van der Waals surface area contributed by atoms with E-state index in [9.17, 15) is 0 Å². The largest absolute Gasteiger partial charge is 0.360 e. The Morgan fingerprint density at radius 2 is 2.06 bits per heavy atom. The molecule has 0 unspecified atom stereocenters. The molecule has 2 N–H and O–H groups in total. The van der Waals surface area contributed by atoms with Gasteiger partial charge in [-0.3, -0.25) is 0 Å². The van der Waals surface area contributed by atoms with E-state index in [1.165, 1.54) is 6.33 Å². The molecule has 2 aromatic heterocycles. The van der Waals surface area contributed by atoms with Crippen LogP contribution in [-0.4, -0.2) is 37.2 Å². The van der Waals surface area contributed by atoms with Crippen LogP contribution in [0.2, 0.25) is 0 Å². The summed E-state index contributed by atoms with van der Waals surface area (Å²) in [4.78, 5) is 15.3. The smallest absolute Gasteiger partial charge is 0.182 e. The number of anilines is 1. The molecular weight excluding hydrogens is 261 g/mol. The normalized spacial score (nSPS) is 11.9. The van der Waals surface area contributed by atoms with E-state index in [4.69, 9.17) is 23.2 Å². The Morgan fingerprint density at radius 3 is 2.71 bits per heavy atom. The molecule has 2 heterocycles. The van der Waals surface area contributed by atoms with Crippen molar-refractivity contribution in [2.24, 2.45) is 0 Å². The summed E-state index contributed by atoms with van der Waals surface area (Å²) in [6.07, 6.45) is 3.85. The van der Waals surface area contributed by atoms with E-state index in [0.717, 1.165) is 11.9 Å². The van der Waals surface area contributed by atoms with Crippen molar-refractivity contribution in [3.05, 3.63) is 12.7 Å². The van der Waals surface area contributed by atoms with Gasteiger partial charge in [0.25, 0.3) is 0 Å². The van der Waals surface area contributed by atoms with Crippen molar-refractivity contribution in [3.63, 3.8) is 0 Å². The van der Waals surface area contributed by atoms with Gasteiger partial charge >= 0.3 is 0 Å². The predicted molar refractivity (Wildman–Crippen MR) is 69.8 cm³/mol. The molecule has 5 nitrogen and oxygen atoms in total. The van der Waals surface area contributed by atoms with Gasteiger partial charge in [0.2, 0.25) is 0 Å². The monoisotopic (exact) mass is 273 g/mol. The fraction of sp³-hybridized carbons (Fsp3) is 0.500. The first kappa shape index (κ1) is 12.4. The third-order valence-electron chi connectivity index (χ3n) is 2.79. The first-order chi connectivity index (χ1) is 8.24. The minimum absolute atomic E-state index is 0.366. The van der Waals surface area contributed by atoms with Gasteiger partial charge in [0.15, 0.2) is 11.5 Å². The van der Waals surface area contributed by atoms with E-state index in [0.29, 0.717) is 23.2 Å². The third kappa shape index (κ3) is 2.30. The Labute approximate surface area is 109 Å². The minimum Gasteiger partial charge on any atom is -0.360 e. The summed E-state index contributed by atoms with van der Waals surface area (Å²) >= 11 is 12.0. The number of hydrogen-bond donors (Lipinski definition) is 2. The molecule has 2 aromatic rings. The molecule has 0 bridgehead atoms. The van der Waals surface area contributed by atoms with Gasteiger partial charge in [-0.1, -0.05) is 6.92 Å². The summed E-state index contributed by atoms with van der Waals surface area (Å²) in [6.45, 7) is 2.03. The van der Waals surface area contributed by atoms with Crippen LogP contribution in [0.3, 0.4) is 0 Å². The van der Waals surface area contributed by atoms with Crippen LogP contribution in [0.5, 0.6) is 0 Å². The van der Waals surface area contributed by atoms with Crippen molar-refractivity contribution in [2.45, 2.75) is 18.9 Å². The number of H-pyrrole nitrogens is 1. The van der Waals surface area contributed by atoms with Gasteiger partial charge in [-0.25, -0.2) is 15.0 Å². The molecule has 7 heteroatoms. The van der Waals surface area contributed by atoms with Crippen molar-refractivity contribution in [2.75, 3.05) is 17.1 Å². The molecule has 0 aliphatic carbocycles. The Hall–Kier alpha value is -1.07. The van der Waals surface area contributed by atoms with Crippen LogP contribution in [0.4, 0.5) is 5.82 Å². The lowest BCUT2D eigenvalue weighted by atomic mass is 10.0. The number of halogens is 2. The highest BCUT2D eigenvalue weighted by atomic mass is 35.5. The maximum Gasteiger partial charge on any atom is 0.182 e. The van der Waals surface area contributed by atoms with Crippen molar-refractivity contribution < 1.29 is 0 Å². The minimum atomic E-state index is -0.366. The summed E-state index contributed by atoms with van der Waals surface area (Å²) in [5.74, 6) is 1.50. The fourth-order valence-electron chi connectivity index (χ4n) is 1.49. The molecule has 0 atom stereocenters. The van der Waals surface area contributed by atoms with Gasteiger partial charge in [-0.2, -0.15) is 0 Å². The SMILES string of the molecule is CCC(CCl)(CCl)Nc1ncnc2nc[nH]c12. The predicted octanol–water partition coefficient (Wildman–Crippen LogP) is 2.39. The second-order valence-corrected chi connectivity index (χ2v) is 4.38. The molecule has 0 aliphatic heterocycles. The third-order valence-corrected chi connectivity index (χ3v) is 3.82. The zero-order valence-corrected chi connectivity index (χ0v) is 10.9. The van der Waals surface area contributed by atoms with Crippen molar-refractivity contribution >= 4 is 40.2 Å². The van der Waals surface area contributed by atoms with Gasteiger partial charge in [0, 0.05) is 11.8 Å². The van der Waals surface area contributed by atoms with Gasteiger partial charge in [0.1, 0.15) is 11.8 Å². The number of imidazole rings is 1. The number of fused-ring (bicyclic) bond motifs is 1. The number of aromatic nitrogens is 4. The zero-order valence-electron chi connectivity index (χ0n) is 9.37. The van der Waals surface area contributed by atoms with E-state index in [2.05, 4.69) is 25.3 Å². The number of hydrogen-bond acceptors (Lipinski definition) is 4. The Kier molecular flexibility index (Phi) is 3.69. The second-order valence-electron chi connectivity index (χ2n) is 3.85. The number of nitrogens with one attached hydrogen (secondary N) is 2. The van der Waals surface area contributed by atoms with Crippen molar-refractivity contribution in [1.82, 2.24) is 19.9 Å². The van der Waals surface area contributed by atoms with Crippen LogP contribution in [0.25, 0.3) is 11.2 Å². The number of alkyl halides is 2. The van der Waals surface area contributed by atoms with E-state index >= 15 is 0 Å². The lowest BCUT2D eigenvalue weighted by Gasteiger charge is -2.30. The molecule has 0 spiro atoms. The van der Waals surface area contributed by atoms with Crippen LogP contribution in [-0.2, 0) is 0 Å². The van der Waals surface area contributed by atoms with Crippen molar-refractivity contribution in [3.8, 4) is 0 Å². The van der Waals surface area contributed by atoms with Gasteiger partial charge in [0.05, 0.1) is 11.9 Å². The summed E-state index contributed by atoms with van der Waals surface area (Å²) in [6, 6.07) is 0. The average Bonchev–Trinajstić information content (AvgIpc) is 2.85. The average molecular weight is 274 g/mol. The van der Waals surface area contributed by atoms with E-state index in [-0.39, 0.29) is 5.54 Å². The summed E-state index contributed by atoms with van der Waals surface area (Å²) in [5, 5.41) is 3.28. The number of aromatic amines is 1. The molecular formula is C10H13Cl2N5. The molecule has 0 aliphatic rings. The Balaban J connectivity index is 2.37. The lowest BCUT2D eigenvalue weighted by molar-refractivity contribution is 0.558. The first-order valence-corrected chi connectivity index (χ1v) is 6.36. The topological polar surface area (TPSA) is 66.5 Å². The molecule has 92 valence electrons. The highest BCUT2D eigenvalue weighted by molar-refractivity contribution is 6.22. The van der Waals surface area contributed by atoms with Crippen LogP contribution in [0, 0.1) is 0 Å². The first-order valence-electron chi connectivity index (χ1n) is 5.29. The number of nitrogens with zero attached hydrogens (tertiary/aromatic N) is 3. The summed E-state index contributed by atoms with van der Waals surface area (Å²) < 4.78 is 0. The summed E-state index contributed by atoms with van der Waals surface area (Å²) in [7, 11) is 0. The standard InChI is InChI=1S/C10H13Cl2N5/c1-2-10(3-11,4-12)17-9-7-8(14-5-13-7)15-6-16-9/h5-6H,2-4H2,1H3,(H2,13,14,15,16,17). The maximum atomic E-state index is 5.98. The fourth-order valence-corrected chi connectivity index (χ4v) is 2.29. The second kappa shape index (κ2) is 5.06. The van der Waals surface area contributed by atoms with E-state index < -0.39 is 0 Å². The van der Waals surface area contributed by atoms with E-state index in [1.807, 2.05) is 6.92 Å². The Morgan fingerprint density at radius 1 is 1.29 bits per heavy atom. The molecule has 0 fully saturated rings. The highest BCUT2D eigenvalue weighted by Gasteiger charge is 2.27. The van der Waals surface area contributed by atoms with Gasteiger partial charge in [-0.15, -0.1) is 23.2 Å². The van der Waals surface area contributed by atoms with Crippen LogP contribution >= 0.6 is 23.2 Å². The highest BCUT2D eigenvalue weighted by Crippen LogP contribution is 2.24. The van der Waals surface area contributed by atoms with Crippen molar-refractivity contribution in [1.29, 1.82) is 0 Å². The molecule has 2 rings (SSSR count). The Bertz CT molecular complexity index is 486. The molecule has 0 aromatic carbocycles. The quantitative estimate of drug-likeness (QED) is 0.821. The molecule has 0 amide bonds. The molecule has 0 saturated carbocycles. The van der Waals surface area contributed by atoms with Crippen LogP contribution in [0.1, 0.15) is 13.3 Å². The molecule has 0 saturated heterocycles. The van der Waals surface area contributed by atoms with Crippen LogP contribution in [0.15, 0.2) is 12.7 Å². The van der Waals surface area contributed by atoms with Crippen LogP contribution < -0.4 is 5.32 Å². The van der Waals surface area contributed by atoms with Gasteiger partial charge in [-0.05, 0) is 6.42 Å². The zero-order chi connectivity index (χ0) is 12.3. The maximum absolute atomic E-state index is 5.98. The van der Waals surface area contributed by atoms with E-state index in [1.54, 1.807) is 6.33 Å². The summed E-state index contributed by atoms with van der Waals surface area (Å²) in [5.41, 5.74) is 1.02. The number of rotatable bonds is 5. The van der Waals surface area contributed by atoms with Gasteiger partial charge < -0.3 is 10.3 Å².